The largest absolute Gasteiger partial charge is 0.503 e. The molecule has 6 heteroatoms. The van der Waals surface area contributed by atoms with E-state index in [9.17, 15) is 5.11 Å². The first-order valence-corrected chi connectivity index (χ1v) is 5.19. The summed E-state index contributed by atoms with van der Waals surface area (Å²) in [4.78, 5) is 0. The fourth-order valence-corrected chi connectivity index (χ4v) is 1.76. The molecule has 0 heterocycles. The standard InChI is InChI=1S/C8H6Cl4O2/c1-2-14-8-6(12)4(10)3(9)5(11)7(8)13/h13H,2H2,1H3. The summed E-state index contributed by atoms with van der Waals surface area (Å²) in [6.45, 7) is 2.08. The van der Waals surface area contributed by atoms with E-state index in [4.69, 9.17) is 51.1 Å². The molecule has 0 aliphatic rings. The number of rotatable bonds is 2. The van der Waals surface area contributed by atoms with Crippen molar-refractivity contribution >= 4 is 46.4 Å². The van der Waals surface area contributed by atoms with Crippen LogP contribution in [0.1, 0.15) is 6.92 Å². The highest BCUT2D eigenvalue weighted by Gasteiger charge is 2.20. The van der Waals surface area contributed by atoms with Crippen LogP contribution < -0.4 is 4.74 Å². The van der Waals surface area contributed by atoms with Crippen LogP contribution in [0.4, 0.5) is 0 Å². The molecule has 1 rings (SSSR count). The molecule has 0 amide bonds. The predicted molar refractivity (Wildman–Crippen MR) is 59.3 cm³/mol. The average Bonchev–Trinajstić information content (AvgIpc) is 2.19. The summed E-state index contributed by atoms with van der Waals surface area (Å²) < 4.78 is 5.07. The average molecular weight is 276 g/mol. The molecular weight excluding hydrogens is 270 g/mol. The monoisotopic (exact) mass is 274 g/mol. The van der Waals surface area contributed by atoms with Crippen LogP contribution in [0.5, 0.6) is 11.5 Å². The van der Waals surface area contributed by atoms with Gasteiger partial charge >= 0.3 is 0 Å². The number of phenolic OH excluding ortho intramolecular Hbond substituents is 1. The van der Waals surface area contributed by atoms with E-state index < -0.39 is 0 Å². The number of hydrogen-bond acceptors (Lipinski definition) is 2. The van der Waals surface area contributed by atoms with E-state index in [1.807, 2.05) is 0 Å². The first kappa shape index (κ1) is 12.1. The van der Waals surface area contributed by atoms with E-state index in [0.717, 1.165) is 0 Å². The fourth-order valence-electron chi connectivity index (χ4n) is 0.876. The van der Waals surface area contributed by atoms with Gasteiger partial charge in [-0.05, 0) is 6.92 Å². The van der Waals surface area contributed by atoms with E-state index in [0.29, 0.717) is 6.61 Å². The van der Waals surface area contributed by atoms with Crippen molar-refractivity contribution in [3.8, 4) is 11.5 Å². The van der Waals surface area contributed by atoms with Crippen LogP contribution >= 0.6 is 46.4 Å². The molecule has 2 nitrogen and oxygen atoms in total. The van der Waals surface area contributed by atoms with Crippen LogP contribution in [0.25, 0.3) is 0 Å². The Balaban J connectivity index is 3.43. The molecule has 0 saturated carbocycles. The molecule has 0 unspecified atom stereocenters. The van der Waals surface area contributed by atoms with E-state index in [-0.39, 0.29) is 31.6 Å². The lowest BCUT2D eigenvalue weighted by Gasteiger charge is -2.11. The number of aromatic hydroxyl groups is 1. The molecule has 14 heavy (non-hydrogen) atoms. The summed E-state index contributed by atoms with van der Waals surface area (Å²) in [6, 6.07) is 0. The molecule has 1 aromatic carbocycles. The van der Waals surface area contributed by atoms with Gasteiger partial charge in [-0.15, -0.1) is 0 Å². The fraction of sp³-hybridized carbons (Fsp3) is 0.250. The first-order chi connectivity index (χ1) is 6.50. The minimum absolute atomic E-state index is 0.0132. The normalized spacial score (nSPS) is 10.4. The van der Waals surface area contributed by atoms with Crippen molar-refractivity contribution in [3.05, 3.63) is 20.1 Å². The molecule has 0 atom stereocenters. The zero-order valence-electron chi connectivity index (χ0n) is 7.07. The van der Waals surface area contributed by atoms with Crippen molar-refractivity contribution < 1.29 is 9.84 Å². The molecule has 0 fully saturated rings. The molecule has 1 N–H and O–H groups in total. The van der Waals surface area contributed by atoms with Crippen molar-refractivity contribution in [2.75, 3.05) is 6.61 Å². The second-order valence-corrected chi connectivity index (χ2v) is 3.88. The number of hydrogen-bond donors (Lipinski definition) is 1. The van der Waals surface area contributed by atoms with Gasteiger partial charge in [0.2, 0.25) is 0 Å². The van der Waals surface area contributed by atoms with Crippen molar-refractivity contribution in [1.82, 2.24) is 0 Å². The van der Waals surface area contributed by atoms with Gasteiger partial charge in [-0.3, -0.25) is 0 Å². The smallest absolute Gasteiger partial charge is 0.182 e. The van der Waals surface area contributed by atoms with Crippen molar-refractivity contribution in [2.24, 2.45) is 0 Å². The van der Waals surface area contributed by atoms with Gasteiger partial charge in [0.05, 0.1) is 16.7 Å². The number of benzene rings is 1. The van der Waals surface area contributed by atoms with E-state index >= 15 is 0 Å². The van der Waals surface area contributed by atoms with Gasteiger partial charge in [0.1, 0.15) is 10.0 Å². The summed E-state index contributed by atoms with van der Waals surface area (Å²) in [6.07, 6.45) is 0. The maximum absolute atomic E-state index is 9.53. The van der Waals surface area contributed by atoms with Gasteiger partial charge in [0.15, 0.2) is 11.5 Å². The lowest BCUT2D eigenvalue weighted by Crippen LogP contribution is -1.94. The number of phenols is 1. The van der Waals surface area contributed by atoms with Crippen LogP contribution in [0.15, 0.2) is 0 Å². The molecule has 0 saturated heterocycles. The third-order valence-corrected chi connectivity index (χ3v) is 3.26. The third kappa shape index (κ3) is 1.98. The molecule has 0 aromatic heterocycles. The minimum Gasteiger partial charge on any atom is -0.503 e. The molecule has 0 radical (unpaired) electrons. The Bertz CT molecular complexity index is 336. The Kier molecular flexibility index (Phi) is 4.02. The van der Waals surface area contributed by atoms with Crippen LogP contribution in [0, 0.1) is 0 Å². The highest BCUT2D eigenvalue weighted by atomic mass is 35.5. The second-order valence-electron chi connectivity index (χ2n) is 2.37. The highest BCUT2D eigenvalue weighted by molar-refractivity contribution is 6.52. The summed E-state index contributed by atoms with van der Waals surface area (Å²) in [7, 11) is 0. The summed E-state index contributed by atoms with van der Waals surface area (Å²) >= 11 is 22.9. The molecule has 0 spiro atoms. The molecule has 78 valence electrons. The van der Waals surface area contributed by atoms with E-state index in [2.05, 4.69) is 0 Å². The lowest BCUT2D eigenvalue weighted by molar-refractivity contribution is 0.318. The minimum atomic E-state index is -0.298. The lowest BCUT2D eigenvalue weighted by atomic mass is 10.3. The SMILES string of the molecule is CCOc1c(O)c(Cl)c(Cl)c(Cl)c1Cl. The van der Waals surface area contributed by atoms with Gasteiger partial charge in [0, 0.05) is 0 Å². The van der Waals surface area contributed by atoms with Gasteiger partial charge < -0.3 is 9.84 Å². The molecule has 0 bridgehead atoms. The van der Waals surface area contributed by atoms with Crippen LogP contribution in [-0.4, -0.2) is 11.7 Å². The molecular formula is C8H6Cl4O2. The van der Waals surface area contributed by atoms with Crippen LogP contribution in [0.2, 0.25) is 20.1 Å². The Morgan fingerprint density at radius 1 is 1.00 bits per heavy atom. The summed E-state index contributed by atoms with van der Waals surface area (Å²) in [5.41, 5.74) is 0. The molecule has 0 aliphatic carbocycles. The quantitative estimate of drug-likeness (QED) is 0.640. The topological polar surface area (TPSA) is 29.5 Å². The number of ether oxygens (including phenoxy) is 1. The van der Waals surface area contributed by atoms with Crippen molar-refractivity contribution in [2.45, 2.75) is 6.92 Å². The van der Waals surface area contributed by atoms with Crippen LogP contribution in [0.3, 0.4) is 0 Å². The van der Waals surface area contributed by atoms with Crippen molar-refractivity contribution in [1.29, 1.82) is 0 Å². The Labute approximate surface area is 101 Å². The Morgan fingerprint density at radius 2 is 1.50 bits per heavy atom. The van der Waals surface area contributed by atoms with E-state index in [1.54, 1.807) is 6.92 Å². The summed E-state index contributed by atoms with van der Waals surface area (Å²) in [5.74, 6) is -0.249. The van der Waals surface area contributed by atoms with Crippen molar-refractivity contribution in [3.63, 3.8) is 0 Å². The van der Waals surface area contributed by atoms with Gasteiger partial charge in [-0.25, -0.2) is 0 Å². The second kappa shape index (κ2) is 4.67. The highest BCUT2D eigenvalue weighted by Crippen LogP contribution is 2.49. The summed E-state index contributed by atoms with van der Waals surface area (Å²) in [5, 5.41) is 9.60. The van der Waals surface area contributed by atoms with Crippen LogP contribution in [-0.2, 0) is 0 Å². The zero-order valence-corrected chi connectivity index (χ0v) is 10.1. The molecule has 1 aromatic rings. The van der Waals surface area contributed by atoms with E-state index in [1.165, 1.54) is 0 Å². The third-order valence-electron chi connectivity index (χ3n) is 1.49. The predicted octanol–water partition coefficient (Wildman–Crippen LogP) is 4.40. The first-order valence-electron chi connectivity index (χ1n) is 3.68. The number of halogens is 4. The maximum atomic E-state index is 9.53. The zero-order chi connectivity index (χ0) is 10.9. The van der Waals surface area contributed by atoms with Gasteiger partial charge in [0.25, 0.3) is 0 Å². The Hall–Kier alpha value is -0.0200. The van der Waals surface area contributed by atoms with Gasteiger partial charge in [-0.1, -0.05) is 46.4 Å². The van der Waals surface area contributed by atoms with Gasteiger partial charge in [-0.2, -0.15) is 0 Å². The Morgan fingerprint density at radius 3 is 2.00 bits per heavy atom. The molecule has 0 aliphatic heterocycles. The maximum Gasteiger partial charge on any atom is 0.182 e.